The number of ketones is 1. The minimum atomic E-state index is -1.28. The molecule has 0 bridgehead atoms. The number of ether oxygens (including phenoxy) is 2. The molecule has 1 aliphatic heterocycles. The van der Waals surface area contributed by atoms with E-state index in [9.17, 15) is 14.7 Å². The van der Waals surface area contributed by atoms with E-state index in [2.05, 4.69) is 0 Å². The number of hydrogen-bond donors (Lipinski definition) is 1. The molecule has 5 heteroatoms. The molecule has 0 aromatic rings. The number of hydrogen-bond acceptors (Lipinski definition) is 5. The van der Waals surface area contributed by atoms with Crippen molar-refractivity contribution in [1.29, 1.82) is 0 Å². The van der Waals surface area contributed by atoms with Gasteiger partial charge in [0.1, 0.15) is 5.41 Å². The van der Waals surface area contributed by atoms with Crippen LogP contribution in [0.15, 0.2) is 12.2 Å². The number of allylic oxidation sites excluding steroid dienone is 1. The molecule has 1 unspecified atom stereocenters. The van der Waals surface area contributed by atoms with E-state index in [-0.39, 0.29) is 12.4 Å². The summed E-state index contributed by atoms with van der Waals surface area (Å²) in [6.07, 6.45) is 1.52. The Hall–Kier alpha value is -1.20. The molecule has 112 valence electrons. The van der Waals surface area contributed by atoms with Crippen LogP contribution in [0.25, 0.3) is 0 Å². The van der Waals surface area contributed by atoms with E-state index in [0.29, 0.717) is 6.42 Å². The van der Waals surface area contributed by atoms with Crippen LogP contribution in [-0.2, 0) is 19.1 Å². The Morgan fingerprint density at radius 3 is 2.80 bits per heavy atom. The zero-order valence-electron chi connectivity index (χ0n) is 12.4. The lowest BCUT2D eigenvalue weighted by molar-refractivity contribution is -0.228. The Kier molecular flexibility index (Phi) is 3.77. The zero-order valence-corrected chi connectivity index (χ0v) is 12.4. The number of rotatable bonds is 2. The topological polar surface area (TPSA) is 72.8 Å². The van der Waals surface area contributed by atoms with E-state index < -0.39 is 35.1 Å². The number of aliphatic hydroxyl groups is 1. The first-order valence-electron chi connectivity index (χ1n) is 7.01. The molecule has 1 saturated heterocycles. The third-order valence-corrected chi connectivity index (χ3v) is 4.21. The summed E-state index contributed by atoms with van der Waals surface area (Å²) in [6, 6.07) is 0. The van der Waals surface area contributed by atoms with Crippen molar-refractivity contribution in [1.82, 2.24) is 0 Å². The molecule has 1 aliphatic carbocycles. The number of esters is 1. The summed E-state index contributed by atoms with van der Waals surface area (Å²) >= 11 is 0. The van der Waals surface area contributed by atoms with Crippen molar-refractivity contribution in [3.8, 4) is 0 Å². The monoisotopic (exact) mass is 282 g/mol. The molecular weight excluding hydrogens is 260 g/mol. The van der Waals surface area contributed by atoms with Crippen molar-refractivity contribution in [3.63, 3.8) is 0 Å². The van der Waals surface area contributed by atoms with Crippen molar-refractivity contribution >= 4 is 11.8 Å². The smallest absolute Gasteiger partial charge is 0.321 e. The fraction of sp³-hybridized carbons (Fsp3) is 0.733. The van der Waals surface area contributed by atoms with Gasteiger partial charge in [0.25, 0.3) is 0 Å². The maximum atomic E-state index is 12.4. The van der Waals surface area contributed by atoms with Gasteiger partial charge in [0.15, 0.2) is 5.78 Å². The molecular formula is C15H22O5. The van der Waals surface area contributed by atoms with Crippen molar-refractivity contribution in [3.05, 3.63) is 12.2 Å². The minimum Gasteiger partial charge on any atom is -0.465 e. The van der Waals surface area contributed by atoms with Crippen molar-refractivity contribution < 1.29 is 24.2 Å². The molecule has 0 saturated carbocycles. The Balaban J connectivity index is 2.50. The van der Waals surface area contributed by atoms with Crippen LogP contribution in [0, 0.1) is 11.3 Å². The summed E-state index contributed by atoms with van der Waals surface area (Å²) in [4.78, 5) is 24.3. The van der Waals surface area contributed by atoms with Gasteiger partial charge in [0.05, 0.1) is 24.4 Å². The van der Waals surface area contributed by atoms with Gasteiger partial charge in [-0.05, 0) is 26.8 Å². The molecule has 1 heterocycles. The maximum absolute atomic E-state index is 12.4. The third-order valence-electron chi connectivity index (χ3n) is 4.21. The van der Waals surface area contributed by atoms with E-state index in [4.69, 9.17) is 9.47 Å². The molecule has 0 radical (unpaired) electrons. The lowest BCUT2D eigenvalue weighted by Gasteiger charge is -2.52. The predicted molar refractivity (Wildman–Crippen MR) is 72.0 cm³/mol. The molecule has 0 spiro atoms. The van der Waals surface area contributed by atoms with Crippen molar-refractivity contribution in [2.24, 2.45) is 11.3 Å². The lowest BCUT2D eigenvalue weighted by atomic mass is 9.64. The molecule has 2 rings (SSSR count). The second-order valence-electron chi connectivity index (χ2n) is 6.20. The van der Waals surface area contributed by atoms with Crippen LogP contribution in [0.3, 0.4) is 0 Å². The standard InChI is InChI=1S/C15H22O5/c1-5-19-13(18)15-7-6-10(16)9(2)12(15)20-14(3,4)8-11(15)17/h6-7,9,11-12,17H,5,8H2,1-4H3/t9-,11-,12?,15+/m1/s1. The van der Waals surface area contributed by atoms with Crippen LogP contribution >= 0.6 is 0 Å². The first kappa shape index (κ1) is 15.2. The van der Waals surface area contributed by atoms with E-state index in [1.165, 1.54) is 12.2 Å². The van der Waals surface area contributed by atoms with Crippen LogP contribution in [0.5, 0.6) is 0 Å². The highest BCUT2D eigenvalue weighted by Crippen LogP contribution is 2.48. The molecule has 0 amide bonds. The predicted octanol–water partition coefficient (Wildman–Crippen LogP) is 1.24. The SMILES string of the molecule is CCOC(=O)[C@]12C=CC(=O)[C@@H](C)C1OC(C)(C)C[C@H]2O. The Morgan fingerprint density at radius 2 is 2.20 bits per heavy atom. The first-order valence-corrected chi connectivity index (χ1v) is 7.01. The quantitative estimate of drug-likeness (QED) is 0.771. The Bertz CT molecular complexity index is 453. The summed E-state index contributed by atoms with van der Waals surface area (Å²) in [5, 5.41) is 10.5. The molecule has 1 N–H and O–H groups in total. The molecule has 0 aromatic heterocycles. The fourth-order valence-electron chi connectivity index (χ4n) is 3.13. The highest BCUT2D eigenvalue weighted by molar-refractivity contribution is 5.96. The second-order valence-corrected chi connectivity index (χ2v) is 6.20. The summed E-state index contributed by atoms with van der Waals surface area (Å²) in [6.45, 7) is 7.35. The fourth-order valence-corrected chi connectivity index (χ4v) is 3.13. The average Bonchev–Trinajstić information content (AvgIpc) is 2.34. The second kappa shape index (κ2) is 4.97. The number of carbonyl (C=O) groups excluding carboxylic acids is 2. The van der Waals surface area contributed by atoms with Gasteiger partial charge in [-0.15, -0.1) is 0 Å². The van der Waals surface area contributed by atoms with Crippen LogP contribution in [0.1, 0.15) is 34.1 Å². The summed E-state index contributed by atoms with van der Waals surface area (Å²) in [5.41, 5.74) is -1.86. The van der Waals surface area contributed by atoms with Crippen LogP contribution in [0.2, 0.25) is 0 Å². The van der Waals surface area contributed by atoms with Crippen molar-refractivity contribution in [2.75, 3.05) is 6.61 Å². The lowest BCUT2D eigenvalue weighted by Crippen LogP contribution is -2.63. The van der Waals surface area contributed by atoms with E-state index in [0.717, 1.165) is 0 Å². The third kappa shape index (κ3) is 2.19. The Labute approximate surface area is 118 Å². The highest BCUT2D eigenvalue weighted by Gasteiger charge is 2.61. The van der Waals surface area contributed by atoms with E-state index >= 15 is 0 Å². The van der Waals surface area contributed by atoms with Gasteiger partial charge in [-0.25, -0.2) is 0 Å². The van der Waals surface area contributed by atoms with Gasteiger partial charge < -0.3 is 14.6 Å². The highest BCUT2D eigenvalue weighted by atomic mass is 16.5. The molecule has 5 nitrogen and oxygen atoms in total. The molecule has 2 aliphatic rings. The molecule has 1 fully saturated rings. The van der Waals surface area contributed by atoms with Crippen LogP contribution in [0.4, 0.5) is 0 Å². The maximum Gasteiger partial charge on any atom is 0.321 e. The van der Waals surface area contributed by atoms with Gasteiger partial charge >= 0.3 is 5.97 Å². The number of aliphatic hydroxyl groups excluding tert-OH is 1. The van der Waals surface area contributed by atoms with E-state index in [1.807, 2.05) is 13.8 Å². The largest absolute Gasteiger partial charge is 0.465 e. The number of fused-ring (bicyclic) bond motifs is 1. The van der Waals surface area contributed by atoms with E-state index in [1.54, 1.807) is 13.8 Å². The van der Waals surface area contributed by atoms with Crippen LogP contribution in [-0.4, -0.2) is 41.3 Å². The number of carbonyl (C=O) groups is 2. The Morgan fingerprint density at radius 1 is 1.55 bits per heavy atom. The summed E-state index contributed by atoms with van der Waals surface area (Å²) in [7, 11) is 0. The first-order chi connectivity index (χ1) is 9.24. The van der Waals surface area contributed by atoms with Crippen LogP contribution < -0.4 is 0 Å². The zero-order chi connectivity index (χ0) is 15.1. The van der Waals surface area contributed by atoms with Gasteiger partial charge in [-0.1, -0.05) is 13.0 Å². The minimum absolute atomic E-state index is 0.0974. The average molecular weight is 282 g/mol. The molecule has 4 atom stereocenters. The summed E-state index contributed by atoms with van der Waals surface area (Å²) in [5.74, 6) is -1.11. The van der Waals surface area contributed by atoms with Gasteiger partial charge in [-0.2, -0.15) is 0 Å². The van der Waals surface area contributed by atoms with Gasteiger partial charge in [0, 0.05) is 12.3 Å². The van der Waals surface area contributed by atoms with Crippen molar-refractivity contribution in [2.45, 2.75) is 51.9 Å². The summed E-state index contributed by atoms with van der Waals surface area (Å²) < 4.78 is 11.1. The normalized spacial score (nSPS) is 39.2. The molecule has 0 aromatic carbocycles. The van der Waals surface area contributed by atoms with Gasteiger partial charge in [0.2, 0.25) is 0 Å². The van der Waals surface area contributed by atoms with Gasteiger partial charge in [-0.3, -0.25) is 9.59 Å². The molecule has 20 heavy (non-hydrogen) atoms.